The highest BCUT2D eigenvalue weighted by Gasteiger charge is 2.19. The van der Waals surface area contributed by atoms with Crippen molar-refractivity contribution >= 4 is 23.8 Å². The molecule has 4 nitrogen and oxygen atoms in total. The lowest BCUT2D eigenvalue weighted by atomic mass is 10.00. The number of hydrogen-bond acceptors (Lipinski definition) is 4. The Morgan fingerprint density at radius 3 is 3.00 bits per heavy atom. The minimum absolute atomic E-state index is 0. The Bertz CT molecular complexity index is 568. The van der Waals surface area contributed by atoms with Crippen molar-refractivity contribution in [3.8, 4) is 0 Å². The molecule has 1 aromatic heterocycles. The Kier molecular flexibility index (Phi) is 4.00. The van der Waals surface area contributed by atoms with E-state index in [1.165, 1.54) is 11.3 Å². The minimum Gasteiger partial charge on any atom is -0.398 e. The highest BCUT2D eigenvalue weighted by atomic mass is 35.5. The summed E-state index contributed by atoms with van der Waals surface area (Å²) < 4.78 is 5.29. The summed E-state index contributed by atoms with van der Waals surface area (Å²) in [5, 5.41) is 3.93. The molecule has 2 heterocycles. The van der Waals surface area contributed by atoms with Gasteiger partial charge >= 0.3 is 0 Å². The van der Waals surface area contributed by atoms with Crippen LogP contribution in [0.2, 0.25) is 0 Å². The first-order valence-electron chi connectivity index (χ1n) is 6.28. The van der Waals surface area contributed by atoms with Crippen molar-refractivity contribution in [2.45, 2.75) is 26.3 Å². The van der Waals surface area contributed by atoms with Gasteiger partial charge in [0.05, 0.1) is 12.2 Å². The van der Waals surface area contributed by atoms with Crippen molar-refractivity contribution in [1.29, 1.82) is 0 Å². The molecule has 19 heavy (non-hydrogen) atoms. The van der Waals surface area contributed by atoms with Gasteiger partial charge in [-0.3, -0.25) is 0 Å². The first-order valence-corrected chi connectivity index (χ1v) is 6.28. The molecule has 0 amide bonds. The number of halogens is 1. The van der Waals surface area contributed by atoms with Gasteiger partial charge in [-0.1, -0.05) is 11.2 Å². The molecule has 1 aromatic carbocycles. The van der Waals surface area contributed by atoms with Crippen LogP contribution in [0.4, 0.5) is 11.4 Å². The number of anilines is 2. The SMILES string of the molecule is Cc1cc(CN2CCCc3c(N)cccc32)on1.Cl. The quantitative estimate of drug-likeness (QED) is 0.859. The number of aromatic nitrogens is 1. The van der Waals surface area contributed by atoms with E-state index in [2.05, 4.69) is 16.1 Å². The molecule has 0 saturated carbocycles. The number of aryl methyl sites for hydroxylation is 1. The maximum absolute atomic E-state index is 6.04. The molecule has 3 rings (SSSR count). The highest BCUT2D eigenvalue weighted by molar-refractivity contribution is 5.85. The summed E-state index contributed by atoms with van der Waals surface area (Å²) in [4.78, 5) is 2.31. The van der Waals surface area contributed by atoms with E-state index >= 15 is 0 Å². The molecular weight excluding hydrogens is 262 g/mol. The average Bonchev–Trinajstić information content (AvgIpc) is 2.76. The summed E-state index contributed by atoms with van der Waals surface area (Å²) in [6.07, 6.45) is 2.20. The number of fused-ring (bicyclic) bond motifs is 1. The van der Waals surface area contributed by atoms with Crippen LogP contribution in [0.1, 0.15) is 23.4 Å². The van der Waals surface area contributed by atoms with Gasteiger partial charge in [-0.15, -0.1) is 12.4 Å². The van der Waals surface area contributed by atoms with Crippen molar-refractivity contribution in [2.75, 3.05) is 17.2 Å². The van der Waals surface area contributed by atoms with Crippen LogP contribution in [0.3, 0.4) is 0 Å². The van der Waals surface area contributed by atoms with Gasteiger partial charge < -0.3 is 15.2 Å². The first-order chi connectivity index (χ1) is 8.74. The lowest BCUT2D eigenvalue weighted by Gasteiger charge is -2.31. The predicted molar refractivity (Wildman–Crippen MR) is 78.7 cm³/mol. The second-order valence-corrected chi connectivity index (χ2v) is 4.80. The van der Waals surface area contributed by atoms with Crippen LogP contribution in [-0.4, -0.2) is 11.7 Å². The monoisotopic (exact) mass is 279 g/mol. The van der Waals surface area contributed by atoms with Crippen LogP contribution in [0.5, 0.6) is 0 Å². The van der Waals surface area contributed by atoms with Crippen molar-refractivity contribution in [3.05, 3.63) is 41.3 Å². The molecule has 0 spiro atoms. The van der Waals surface area contributed by atoms with E-state index in [1.54, 1.807) is 0 Å². The number of nitrogens with two attached hydrogens (primary N) is 1. The zero-order chi connectivity index (χ0) is 12.5. The van der Waals surface area contributed by atoms with Crippen molar-refractivity contribution in [3.63, 3.8) is 0 Å². The number of nitrogens with zero attached hydrogens (tertiary/aromatic N) is 2. The fourth-order valence-corrected chi connectivity index (χ4v) is 2.57. The summed E-state index contributed by atoms with van der Waals surface area (Å²) in [5.74, 6) is 0.905. The molecule has 1 aliphatic heterocycles. The van der Waals surface area contributed by atoms with Gasteiger partial charge in [-0.2, -0.15) is 0 Å². The summed E-state index contributed by atoms with van der Waals surface area (Å²) in [6, 6.07) is 8.10. The van der Waals surface area contributed by atoms with Gasteiger partial charge in [0.2, 0.25) is 0 Å². The van der Waals surface area contributed by atoms with E-state index in [4.69, 9.17) is 10.3 Å². The van der Waals surface area contributed by atoms with E-state index in [9.17, 15) is 0 Å². The fourth-order valence-electron chi connectivity index (χ4n) is 2.57. The zero-order valence-electron chi connectivity index (χ0n) is 10.9. The maximum Gasteiger partial charge on any atom is 0.156 e. The maximum atomic E-state index is 6.04. The fraction of sp³-hybridized carbons (Fsp3) is 0.357. The molecule has 5 heteroatoms. The van der Waals surface area contributed by atoms with E-state index in [0.29, 0.717) is 0 Å². The third kappa shape index (κ3) is 2.68. The van der Waals surface area contributed by atoms with Crippen molar-refractivity contribution < 1.29 is 4.52 Å². The molecule has 0 fully saturated rings. The Morgan fingerprint density at radius 2 is 2.26 bits per heavy atom. The van der Waals surface area contributed by atoms with E-state index < -0.39 is 0 Å². The van der Waals surface area contributed by atoms with Crippen molar-refractivity contribution in [1.82, 2.24) is 5.16 Å². The molecule has 1 aliphatic rings. The van der Waals surface area contributed by atoms with Crippen LogP contribution in [0.15, 0.2) is 28.8 Å². The molecule has 0 radical (unpaired) electrons. The summed E-state index contributed by atoms with van der Waals surface area (Å²) in [7, 11) is 0. The molecule has 102 valence electrons. The third-order valence-corrected chi connectivity index (χ3v) is 3.41. The third-order valence-electron chi connectivity index (χ3n) is 3.41. The Balaban J connectivity index is 0.00000133. The Labute approximate surface area is 119 Å². The molecule has 0 unspecified atom stereocenters. The predicted octanol–water partition coefficient (Wildman–Crippen LogP) is 2.94. The van der Waals surface area contributed by atoms with Crippen LogP contribution in [0, 0.1) is 6.92 Å². The lowest BCUT2D eigenvalue weighted by Crippen LogP contribution is -2.29. The topological polar surface area (TPSA) is 55.3 Å². The molecule has 0 bridgehead atoms. The molecule has 0 aliphatic carbocycles. The molecule has 2 aromatic rings. The summed E-state index contributed by atoms with van der Waals surface area (Å²) >= 11 is 0. The molecule has 2 N–H and O–H groups in total. The average molecular weight is 280 g/mol. The minimum atomic E-state index is 0. The second kappa shape index (κ2) is 5.53. The highest BCUT2D eigenvalue weighted by Crippen LogP contribution is 2.32. The summed E-state index contributed by atoms with van der Waals surface area (Å²) in [5.41, 5.74) is 10.4. The van der Waals surface area contributed by atoms with Crippen LogP contribution < -0.4 is 10.6 Å². The van der Waals surface area contributed by atoms with Crippen LogP contribution in [0.25, 0.3) is 0 Å². The largest absolute Gasteiger partial charge is 0.398 e. The molecular formula is C14H18ClN3O. The number of hydrogen-bond donors (Lipinski definition) is 1. The lowest BCUT2D eigenvalue weighted by molar-refractivity contribution is 0.376. The zero-order valence-corrected chi connectivity index (χ0v) is 11.7. The second-order valence-electron chi connectivity index (χ2n) is 4.80. The van der Waals surface area contributed by atoms with E-state index in [0.717, 1.165) is 43.1 Å². The van der Waals surface area contributed by atoms with Gasteiger partial charge in [0, 0.05) is 24.0 Å². The van der Waals surface area contributed by atoms with Crippen molar-refractivity contribution in [2.24, 2.45) is 0 Å². The smallest absolute Gasteiger partial charge is 0.156 e. The van der Waals surface area contributed by atoms with Gasteiger partial charge in [-0.25, -0.2) is 0 Å². The normalized spacial score (nSPS) is 13.8. The summed E-state index contributed by atoms with van der Waals surface area (Å²) in [6.45, 7) is 3.74. The van der Waals surface area contributed by atoms with E-state index in [1.807, 2.05) is 25.1 Å². The first kappa shape index (κ1) is 13.7. The van der Waals surface area contributed by atoms with Gasteiger partial charge in [0.25, 0.3) is 0 Å². The molecule has 0 saturated heterocycles. The van der Waals surface area contributed by atoms with E-state index in [-0.39, 0.29) is 12.4 Å². The van der Waals surface area contributed by atoms with Gasteiger partial charge in [0.1, 0.15) is 0 Å². The van der Waals surface area contributed by atoms with Crippen LogP contribution >= 0.6 is 12.4 Å². The standard InChI is InChI=1S/C14H17N3O.ClH/c1-10-8-11(18-16-10)9-17-7-3-4-12-13(15)5-2-6-14(12)17;/h2,5-6,8H,3-4,7,9,15H2,1H3;1H. The van der Waals surface area contributed by atoms with Crippen LogP contribution in [-0.2, 0) is 13.0 Å². The number of benzene rings is 1. The Hall–Kier alpha value is -1.68. The van der Waals surface area contributed by atoms with Gasteiger partial charge in [-0.05, 0) is 37.5 Å². The number of nitrogen functional groups attached to an aromatic ring is 1. The Morgan fingerprint density at radius 1 is 1.42 bits per heavy atom. The molecule has 0 atom stereocenters. The number of rotatable bonds is 2. The van der Waals surface area contributed by atoms with Gasteiger partial charge in [0.15, 0.2) is 5.76 Å².